The van der Waals surface area contributed by atoms with Crippen LogP contribution in [0.1, 0.15) is 0 Å². The zero-order valence-corrected chi connectivity index (χ0v) is 9.35. The van der Waals surface area contributed by atoms with Gasteiger partial charge in [-0.1, -0.05) is 0 Å². The third-order valence-electron chi connectivity index (χ3n) is 0.765. The number of hydrogen-bond donors (Lipinski definition) is 3. The van der Waals surface area contributed by atoms with Gasteiger partial charge >= 0.3 is 13.4 Å². The summed E-state index contributed by atoms with van der Waals surface area (Å²) >= 11 is 0. The van der Waals surface area contributed by atoms with Crippen LogP contribution in [0.2, 0.25) is 0 Å². The number of urea groups is 1. The Labute approximate surface area is 91.1 Å². The van der Waals surface area contributed by atoms with E-state index in [4.69, 9.17) is 15.1 Å². The molecule has 0 atom stereocenters. The van der Waals surface area contributed by atoms with Crippen LogP contribution in [0.4, 0.5) is 23.6 Å². The van der Waals surface area contributed by atoms with Crippen molar-refractivity contribution >= 4 is 13.4 Å². The van der Waals surface area contributed by atoms with Crippen molar-refractivity contribution in [3.05, 3.63) is 0 Å². The Hall–Kier alpha value is -1.07. The van der Waals surface area contributed by atoms with Crippen LogP contribution < -0.4 is 0 Å². The van der Waals surface area contributed by atoms with Gasteiger partial charge in [-0.05, 0) is 0 Å². The molecule has 6 nitrogen and oxygen atoms in total. The fraction of sp³-hybridized carbons (Fsp3) is 0.800. The van der Waals surface area contributed by atoms with Crippen LogP contribution in [0.25, 0.3) is 0 Å². The van der Waals surface area contributed by atoms with E-state index in [1.807, 2.05) is 0 Å². The van der Waals surface area contributed by atoms with E-state index in [1.165, 1.54) is 9.80 Å². The summed E-state index contributed by atoms with van der Waals surface area (Å²) in [5.74, 6) is 0. The first-order chi connectivity index (χ1) is 5.29. The number of amides is 2. The highest BCUT2D eigenvalue weighted by Gasteiger charge is 2.02. The lowest BCUT2D eigenvalue weighted by atomic mass is 10.3. The third kappa shape index (κ3) is 38.3. The van der Waals surface area contributed by atoms with Gasteiger partial charge in [0.15, 0.2) is 0 Å². The van der Waals surface area contributed by atoms with Crippen LogP contribution in [0.3, 0.4) is 0 Å². The number of halogens is 4. The maximum atomic E-state index is 10.7. The number of nitrogens with zero attached hydrogens (tertiary/aromatic N) is 2. The molecule has 0 rings (SSSR count). The first-order valence-corrected chi connectivity index (χ1v) is 3.21. The molecule has 0 aromatic rings. The average Bonchev–Trinajstić information content (AvgIpc) is 1.84. The molecule has 0 spiro atoms. The van der Waals surface area contributed by atoms with Crippen LogP contribution in [-0.4, -0.2) is 66.4 Å². The SMILES string of the molecule is CN(C)C(=O)N(C)C.F.F.F.F.OB(O)O. The maximum Gasteiger partial charge on any atom is 0.631 e. The Morgan fingerprint density at radius 2 is 0.938 bits per heavy atom. The topological polar surface area (TPSA) is 84.2 Å². The second kappa shape index (κ2) is 19.5. The van der Waals surface area contributed by atoms with Crippen molar-refractivity contribution in [1.82, 2.24) is 9.80 Å². The highest BCUT2D eigenvalue weighted by molar-refractivity contribution is 6.30. The van der Waals surface area contributed by atoms with Crippen molar-refractivity contribution in [2.45, 2.75) is 0 Å². The standard InChI is InChI=1S/C5H12N2O.BH3O3.4FH/c1-6(2)5(8)7(3)4;2-1(3)4;;;;/h1-4H3;2-4H;4*1H. The number of hydrogen-bond acceptors (Lipinski definition) is 4. The van der Waals surface area contributed by atoms with Gasteiger partial charge in [-0.25, -0.2) is 4.79 Å². The molecule has 0 unspecified atom stereocenters. The second-order valence-electron chi connectivity index (χ2n) is 2.42. The van der Waals surface area contributed by atoms with E-state index >= 15 is 0 Å². The number of carbonyl (C=O) groups is 1. The Kier molecular flexibility index (Phi) is 44.3. The molecular weight excluding hydrogens is 239 g/mol. The zero-order valence-electron chi connectivity index (χ0n) is 9.35. The Bertz CT molecular complexity index is 129. The molecule has 0 aliphatic heterocycles. The van der Waals surface area contributed by atoms with Gasteiger partial charge in [-0.3, -0.25) is 18.8 Å². The van der Waals surface area contributed by atoms with Gasteiger partial charge in [0.05, 0.1) is 0 Å². The Morgan fingerprint density at radius 1 is 0.812 bits per heavy atom. The van der Waals surface area contributed by atoms with E-state index in [0.29, 0.717) is 0 Å². The second-order valence-corrected chi connectivity index (χ2v) is 2.42. The first kappa shape index (κ1) is 36.3. The molecule has 0 saturated carbocycles. The van der Waals surface area contributed by atoms with Crippen LogP contribution in [0.15, 0.2) is 0 Å². The molecule has 104 valence electrons. The Morgan fingerprint density at radius 3 is 0.938 bits per heavy atom. The highest BCUT2D eigenvalue weighted by Crippen LogP contribution is 1.83. The Balaban J connectivity index is -0.0000000281. The van der Waals surface area contributed by atoms with Crippen molar-refractivity contribution < 1.29 is 38.7 Å². The van der Waals surface area contributed by atoms with E-state index in [2.05, 4.69) is 0 Å². The lowest BCUT2D eigenvalue weighted by Gasteiger charge is -2.16. The van der Waals surface area contributed by atoms with Crippen LogP contribution in [-0.2, 0) is 0 Å². The predicted molar refractivity (Wildman–Crippen MR) is 55.2 cm³/mol. The molecule has 3 N–H and O–H groups in total. The maximum absolute atomic E-state index is 10.7. The van der Waals surface area contributed by atoms with Gasteiger partial charge in [0, 0.05) is 28.2 Å². The molecule has 0 bridgehead atoms. The number of rotatable bonds is 0. The van der Waals surface area contributed by atoms with Gasteiger partial charge in [0.2, 0.25) is 0 Å². The minimum atomic E-state index is -2.17. The lowest BCUT2D eigenvalue weighted by molar-refractivity contribution is 0.191. The van der Waals surface area contributed by atoms with Crippen LogP contribution >= 0.6 is 0 Å². The van der Waals surface area contributed by atoms with E-state index in [0.717, 1.165) is 0 Å². The van der Waals surface area contributed by atoms with Gasteiger partial charge in [-0.15, -0.1) is 0 Å². The first-order valence-electron chi connectivity index (χ1n) is 3.21. The molecule has 0 saturated heterocycles. The van der Waals surface area contributed by atoms with E-state index in [1.54, 1.807) is 28.2 Å². The molecule has 0 fully saturated rings. The fourth-order valence-electron chi connectivity index (χ4n) is 0.400. The van der Waals surface area contributed by atoms with Crippen molar-refractivity contribution in [3.63, 3.8) is 0 Å². The van der Waals surface area contributed by atoms with Gasteiger partial charge in [-0.2, -0.15) is 0 Å². The predicted octanol–water partition coefficient (Wildman–Crippen LogP) is -1.21. The van der Waals surface area contributed by atoms with E-state index in [9.17, 15) is 4.79 Å². The van der Waals surface area contributed by atoms with E-state index < -0.39 is 7.32 Å². The molecule has 0 aliphatic carbocycles. The minimum Gasteiger partial charge on any atom is -0.402 e. The summed E-state index contributed by atoms with van der Waals surface area (Å²) in [5, 5.41) is 21.5. The van der Waals surface area contributed by atoms with Crippen LogP contribution in [0.5, 0.6) is 0 Å². The largest absolute Gasteiger partial charge is 0.631 e. The summed E-state index contributed by atoms with van der Waals surface area (Å²) in [6.07, 6.45) is 0. The molecule has 0 radical (unpaired) electrons. The summed E-state index contributed by atoms with van der Waals surface area (Å²) in [6, 6.07) is 0.0185. The molecule has 11 heteroatoms. The van der Waals surface area contributed by atoms with Gasteiger partial charge in [0.25, 0.3) is 0 Å². The van der Waals surface area contributed by atoms with E-state index in [-0.39, 0.29) is 24.8 Å². The summed E-state index contributed by atoms with van der Waals surface area (Å²) in [4.78, 5) is 13.8. The number of carbonyl (C=O) groups excluding carboxylic acids is 1. The molecule has 16 heavy (non-hydrogen) atoms. The summed E-state index contributed by atoms with van der Waals surface area (Å²) in [7, 11) is 4.73. The van der Waals surface area contributed by atoms with Crippen LogP contribution in [0, 0.1) is 0 Å². The van der Waals surface area contributed by atoms with Gasteiger partial charge in [0.1, 0.15) is 0 Å². The molecule has 2 amide bonds. The van der Waals surface area contributed by atoms with Crippen molar-refractivity contribution in [2.75, 3.05) is 28.2 Å². The average molecular weight is 258 g/mol. The van der Waals surface area contributed by atoms with Gasteiger partial charge < -0.3 is 24.9 Å². The zero-order chi connectivity index (χ0) is 10.3. The summed E-state index contributed by atoms with van der Waals surface area (Å²) in [5.41, 5.74) is 0. The third-order valence-corrected chi connectivity index (χ3v) is 0.765. The minimum absolute atomic E-state index is 0. The smallest absolute Gasteiger partial charge is 0.402 e. The monoisotopic (exact) mass is 258 g/mol. The summed E-state index contributed by atoms with van der Waals surface area (Å²) in [6.45, 7) is 0. The highest BCUT2D eigenvalue weighted by atomic mass is 19.0. The molecule has 0 aromatic heterocycles. The fourth-order valence-corrected chi connectivity index (χ4v) is 0.400. The lowest BCUT2D eigenvalue weighted by Crippen LogP contribution is -2.33. The molecule has 0 aliphatic rings. The van der Waals surface area contributed by atoms with Crippen molar-refractivity contribution in [1.29, 1.82) is 0 Å². The molecule has 0 heterocycles. The van der Waals surface area contributed by atoms with Crippen molar-refractivity contribution in [3.8, 4) is 0 Å². The normalized spacial score (nSPS) is 5.94. The molecular formula is C5H19BF4N2O4. The van der Waals surface area contributed by atoms with Crippen molar-refractivity contribution in [2.24, 2.45) is 0 Å². The summed E-state index contributed by atoms with van der Waals surface area (Å²) < 4.78 is 0. The molecule has 0 aromatic carbocycles. The quantitative estimate of drug-likeness (QED) is 0.376.